The maximum atomic E-state index is 12.7. The van der Waals surface area contributed by atoms with Crippen molar-refractivity contribution in [1.29, 1.82) is 0 Å². The number of carbonyl (C=O) groups excluding carboxylic acids is 1. The van der Waals surface area contributed by atoms with Gasteiger partial charge in [0.15, 0.2) is 0 Å². The Morgan fingerprint density at radius 3 is 2.43 bits per heavy atom. The number of amides is 1. The van der Waals surface area contributed by atoms with Gasteiger partial charge in [0.2, 0.25) is 15.9 Å². The first kappa shape index (κ1) is 21.1. The average molecular weight is 440 g/mol. The number of carbonyl (C=O) groups is 1. The molecule has 0 aromatic heterocycles. The normalized spacial score (nSPS) is 16.1. The zero-order chi connectivity index (χ0) is 20.1. The third-order valence-electron chi connectivity index (χ3n) is 4.50. The molecule has 1 heterocycles. The summed E-state index contributed by atoms with van der Waals surface area (Å²) in [5.41, 5.74) is 0.765. The maximum absolute atomic E-state index is 12.7. The van der Waals surface area contributed by atoms with Crippen molar-refractivity contribution < 1.29 is 13.2 Å². The van der Waals surface area contributed by atoms with Crippen LogP contribution in [-0.4, -0.2) is 62.5 Å². The van der Waals surface area contributed by atoms with Crippen molar-refractivity contribution in [2.45, 2.75) is 9.79 Å². The molecular formula is C19H22ClN3O3S2. The van der Waals surface area contributed by atoms with Crippen LogP contribution >= 0.6 is 23.4 Å². The Morgan fingerprint density at radius 1 is 1.11 bits per heavy atom. The van der Waals surface area contributed by atoms with Gasteiger partial charge in [-0.2, -0.15) is 4.31 Å². The molecule has 1 aliphatic rings. The molecule has 0 unspecified atom stereocenters. The second-order valence-electron chi connectivity index (χ2n) is 6.41. The van der Waals surface area contributed by atoms with Crippen LogP contribution in [0.2, 0.25) is 5.02 Å². The zero-order valence-electron chi connectivity index (χ0n) is 15.5. The highest BCUT2D eigenvalue weighted by Gasteiger charge is 2.29. The van der Waals surface area contributed by atoms with Crippen LogP contribution in [0.3, 0.4) is 0 Å². The van der Waals surface area contributed by atoms with E-state index in [1.165, 1.54) is 16.4 Å². The van der Waals surface area contributed by atoms with E-state index >= 15 is 0 Å². The van der Waals surface area contributed by atoms with Crippen LogP contribution in [0.1, 0.15) is 0 Å². The summed E-state index contributed by atoms with van der Waals surface area (Å²) < 4.78 is 26.9. The van der Waals surface area contributed by atoms with Gasteiger partial charge < -0.3 is 5.32 Å². The number of benzene rings is 2. The van der Waals surface area contributed by atoms with Crippen LogP contribution in [0.15, 0.2) is 58.3 Å². The van der Waals surface area contributed by atoms with Crippen molar-refractivity contribution in [1.82, 2.24) is 9.21 Å². The molecule has 6 nitrogen and oxygen atoms in total. The highest BCUT2D eigenvalue weighted by Crippen LogP contribution is 2.21. The molecule has 0 spiro atoms. The van der Waals surface area contributed by atoms with Crippen molar-refractivity contribution in [2.75, 3.05) is 44.3 Å². The second kappa shape index (κ2) is 9.28. The SMILES string of the molecule is CSc1cccc(NC(=O)CN2CCN(S(=O)(=O)c3ccc(Cl)cc3)CC2)c1. The zero-order valence-corrected chi connectivity index (χ0v) is 17.9. The van der Waals surface area contributed by atoms with Gasteiger partial charge in [-0.1, -0.05) is 17.7 Å². The number of piperazine rings is 1. The van der Waals surface area contributed by atoms with Crippen LogP contribution in [0, 0.1) is 0 Å². The van der Waals surface area contributed by atoms with Gasteiger partial charge in [0.1, 0.15) is 0 Å². The Balaban J connectivity index is 1.53. The third-order valence-corrected chi connectivity index (χ3v) is 7.39. The Bertz CT molecular complexity index is 928. The Morgan fingerprint density at radius 2 is 1.79 bits per heavy atom. The van der Waals surface area contributed by atoms with Gasteiger partial charge in [-0.05, 0) is 48.7 Å². The smallest absolute Gasteiger partial charge is 0.243 e. The van der Waals surface area contributed by atoms with Crippen LogP contribution in [-0.2, 0) is 14.8 Å². The van der Waals surface area contributed by atoms with Gasteiger partial charge in [-0.25, -0.2) is 8.42 Å². The number of hydrogen-bond acceptors (Lipinski definition) is 5. The summed E-state index contributed by atoms with van der Waals surface area (Å²) >= 11 is 7.45. The molecule has 2 aromatic carbocycles. The first-order chi connectivity index (χ1) is 13.4. The number of hydrogen-bond donors (Lipinski definition) is 1. The molecular weight excluding hydrogens is 418 g/mol. The van der Waals surface area contributed by atoms with Crippen molar-refractivity contribution in [3.63, 3.8) is 0 Å². The summed E-state index contributed by atoms with van der Waals surface area (Å²) in [6.45, 7) is 1.94. The average Bonchev–Trinajstić information content (AvgIpc) is 2.69. The van der Waals surface area contributed by atoms with E-state index in [2.05, 4.69) is 5.32 Å². The molecule has 0 atom stereocenters. The minimum atomic E-state index is -3.54. The molecule has 0 saturated carbocycles. The fourth-order valence-electron chi connectivity index (χ4n) is 2.99. The lowest BCUT2D eigenvalue weighted by molar-refractivity contribution is -0.117. The molecule has 1 N–H and O–H groups in total. The molecule has 0 bridgehead atoms. The number of nitrogens with one attached hydrogen (secondary N) is 1. The lowest BCUT2D eigenvalue weighted by atomic mass is 10.3. The van der Waals surface area contributed by atoms with E-state index in [1.807, 2.05) is 35.4 Å². The van der Waals surface area contributed by atoms with E-state index in [9.17, 15) is 13.2 Å². The lowest BCUT2D eigenvalue weighted by Crippen LogP contribution is -2.50. The van der Waals surface area contributed by atoms with E-state index in [0.717, 1.165) is 10.6 Å². The molecule has 150 valence electrons. The van der Waals surface area contributed by atoms with Crippen molar-refractivity contribution in [3.8, 4) is 0 Å². The number of rotatable bonds is 6. The lowest BCUT2D eigenvalue weighted by Gasteiger charge is -2.33. The summed E-state index contributed by atoms with van der Waals surface area (Å²) in [5, 5.41) is 3.40. The number of sulfonamides is 1. The predicted octanol–water partition coefficient (Wildman–Crippen LogP) is 3.01. The molecule has 1 fully saturated rings. The van der Waals surface area contributed by atoms with Gasteiger partial charge in [0.05, 0.1) is 11.4 Å². The highest BCUT2D eigenvalue weighted by atomic mass is 35.5. The van der Waals surface area contributed by atoms with E-state index in [-0.39, 0.29) is 17.3 Å². The molecule has 0 radical (unpaired) electrons. The summed E-state index contributed by atoms with van der Waals surface area (Å²) in [5.74, 6) is -0.104. The molecule has 1 saturated heterocycles. The molecule has 0 aliphatic carbocycles. The van der Waals surface area contributed by atoms with E-state index < -0.39 is 10.0 Å². The van der Waals surface area contributed by atoms with E-state index in [4.69, 9.17) is 11.6 Å². The fourth-order valence-corrected chi connectivity index (χ4v) is 5.00. The van der Waals surface area contributed by atoms with Gasteiger partial charge in [-0.3, -0.25) is 9.69 Å². The molecule has 1 aliphatic heterocycles. The predicted molar refractivity (Wildman–Crippen MR) is 114 cm³/mol. The number of anilines is 1. The van der Waals surface area contributed by atoms with E-state index in [1.54, 1.807) is 23.9 Å². The second-order valence-corrected chi connectivity index (χ2v) is 9.67. The van der Waals surface area contributed by atoms with Gasteiger partial charge in [0, 0.05) is 41.8 Å². The topological polar surface area (TPSA) is 69.7 Å². The molecule has 2 aromatic rings. The molecule has 1 amide bonds. The Labute approximate surface area is 174 Å². The summed E-state index contributed by atoms with van der Waals surface area (Å²) in [7, 11) is -3.54. The largest absolute Gasteiger partial charge is 0.325 e. The minimum absolute atomic E-state index is 0.104. The molecule has 3 rings (SSSR count). The summed E-state index contributed by atoms with van der Waals surface area (Å²) in [6, 6.07) is 13.8. The quantitative estimate of drug-likeness (QED) is 0.700. The number of thioether (sulfide) groups is 1. The fraction of sp³-hybridized carbons (Fsp3) is 0.316. The van der Waals surface area contributed by atoms with Crippen molar-refractivity contribution in [3.05, 3.63) is 53.6 Å². The van der Waals surface area contributed by atoms with Crippen molar-refractivity contribution >= 4 is 45.0 Å². The first-order valence-electron chi connectivity index (χ1n) is 8.80. The molecule has 28 heavy (non-hydrogen) atoms. The maximum Gasteiger partial charge on any atom is 0.243 e. The number of halogens is 1. The van der Waals surface area contributed by atoms with Gasteiger partial charge in [-0.15, -0.1) is 11.8 Å². The number of nitrogens with zero attached hydrogens (tertiary/aromatic N) is 2. The monoisotopic (exact) mass is 439 g/mol. The third kappa shape index (κ3) is 5.27. The summed E-state index contributed by atoms with van der Waals surface area (Å²) in [4.78, 5) is 15.6. The highest BCUT2D eigenvalue weighted by molar-refractivity contribution is 7.98. The van der Waals surface area contributed by atoms with Crippen LogP contribution in [0.25, 0.3) is 0 Å². The standard InChI is InChI=1S/C19H22ClN3O3S2/c1-27-17-4-2-3-16(13-17)21-19(24)14-22-9-11-23(12-10-22)28(25,26)18-7-5-15(20)6-8-18/h2-8,13H,9-12,14H2,1H3,(H,21,24). The van der Waals surface area contributed by atoms with Gasteiger partial charge in [0.25, 0.3) is 0 Å². The van der Waals surface area contributed by atoms with E-state index in [0.29, 0.717) is 31.2 Å². The molecule has 9 heteroatoms. The van der Waals surface area contributed by atoms with Gasteiger partial charge >= 0.3 is 0 Å². The van der Waals surface area contributed by atoms with Crippen LogP contribution < -0.4 is 5.32 Å². The van der Waals surface area contributed by atoms with Crippen LogP contribution in [0.4, 0.5) is 5.69 Å². The van der Waals surface area contributed by atoms with Crippen molar-refractivity contribution in [2.24, 2.45) is 0 Å². The van der Waals surface area contributed by atoms with Crippen LogP contribution in [0.5, 0.6) is 0 Å². The Kier molecular flexibility index (Phi) is 7.00. The summed E-state index contributed by atoms with van der Waals surface area (Å²) in [6.07, 6.45) is 1.98. The first-order valence-corrected chi connectivity index (χ1v) is 11.8. The minimum Gasteiger partial charge on any atom is -0.325 e. The Hall–Kier alpha value is -1.58.